The Morgan fingerprint density at radius 2 is 2.05 bits per heavy atom. The van der Waals surface area contributed by atoms with E-state index in [0.717, 1.165) is 48.2 Å². The predicted octanol–water partition coefficient (Wildman–Crippen LogP) is 3.61. The second-order valence-corrected chi connectivity index (χ2v) is 6.11. The van der Waals surface area contributed by atoms with Gasteiger partial charge in [-0.3, -0.25) is 0 Å². The average molecular weight is 288 g/mol. The highest BCUT2D eigenvalue weighted by Crippen LogP contribution is 2.29. The number of hydrogen-bond donors (Lipinski definition) is 1. The molecule has 0 saturated carbocycles. The van der Waals surface area contributed by atoms with Gasteiger partial charge < -0.3 is 5.32 Å². The minimum atomic E-state index is 0.780. The van der Waals surface area contributed by atoms with E-state index >= 15 is 0 Å². The minimum absolute atomic E-state index is 0.780. The zero-order chi connectivity index (χ0) is 13.9. The summed E-state index contributed by atoms with van der Waals surface area (Å²) in [5.74, 6) is 1.81. The van der Waals surface area contributed by atoms with Gasteiger partial charge in [-0.15, -0.1) is 11.3 Å². The maximum absolute atomic E-state index is 4.76. The molecule has 2 heterocycles. The fourth-order valence-electron chi connectivity index (χ4n) is 2.54. The molecule has 0 unspecified atom stereocenters. The molecular formula is C15H20N4S. The van der Waals surface area contributed by atoms with Crippen molar-refractivity contribution in [2.24, 2.45) is 0 Å². The van der Waals surface area contributed by atoms with Crippen LogP contribution in [0.15, 0.2) is 5.38 Å². The van der Waals surface area contributed by atoms with Crippen molar-refractivity contribution in [3.05, 3.63) is 22.3 Å². The summed E-state index contributed by atoms with van der Waals surface area (Å²) >= 11 is 1.62. The number of fused-ring (bicyclic) bond motifs is 1. The Kier molecular flexibility index (Phi) is 3.96. The van der Waals surface area contributed by atoms with Gasteiger partial charge in [0.1, 0.15) is 5.82 Å². The Bertz CT molecular complexity index is 606. The van der Waals surface area contributed by atoms with E-state index < -0.39 is 0 Å². The number of aromatic nitrogens is 3. The van der Waals surface area contributed by atoms with Gasteiger partial charge in [0.15, 0.2) is 10.8 Å². The first-order valence-corrected chi connectivity index (χ1v) is 8.22. The number of thiazole rings is 1. The predicted molar refractivity (Wildman–Crippen MR) is 83.3 cm³/mol. The van der Waals surface area contributed by atoms with Crippen molar-refractivity contribution in [1.29, 1.82) is 0 Å². The lowest BCUT2D eigenvalue weighted by atomic mass is 9.96. The molecular weight excluding hydrogens is 268 g/mol. The van der Waals surface area contributed by atoms with E-state index in [9.17, 15) is 0 Å². The normalized spacial score (nSPS) is 14.1. The first kappa shape index (κ1) is 13.5. The van der Waals surface area contributed by atoms with Gasteiger partial charge in [-0.2, -0.15) is 0 Å². The Morgan fingerprint density at radius 3 is 2.80 bits per heavy atom. The molecule has 2 aromatic rings. The molecule has 1 aliphatic rings. The lowest BCUT2D eigenvalue weighted by Crippen LogP contribution is -2.14. The summed E-state index contributed by atoms with van der Waals surface area (Å²) in [7, 11) is 0. The number of hydrogen-bond acceptors (Lipinski definition) is 5. The lowest BCUT2D eigenvalue weighted by Gasteiger charge is -2.19. The minimum Gasteiger partial charge on any atom is -0.370 e. The Balaban J connectivity index is 2.03. The molecule has 1 aliphatic carbocycles. The van der Waals surface area contributed by atoms with Crippen LogP contribution in [0.2, 0.25) is 0 Å². The highest BCUT2D eigenvalue weighted by atomic mass is 32.1. The molecule has 0 spiro atoms. The standard InChI is InChI=1S/C15H20N4S/c1-3-8-16-13-11-6-4-5-7-12(11)18-14(19-13)15-17-10(2)9-20-15/h9H,3-8H2,1-2H3,(H,16,18,19). The van der Waals surface area contributed by atoms with Crippen molar-refractivity contribution in [1.82, 2.24) is 15.0 Å². The molecule has 0 aromatic carbocycles. The van der Waals surface area contributed by atoms with E-state index in [-0.39, 0.29) is 0 Å². The van der Waals surface area contributed by atoms with E-state index in [0.29, 0.717) is 0 Å². The highest BCUT2D eigenvalue weighted by Gasteiger charge is 2.19. The largest absolute Gasteiger partial charge is 0.370 e. The van der Waals surface area contributed by atoms with E-state index in [1.807, 2.05) is 6.92 Å². The molecule has 5 heteroatoms. The van der Waals surface area contributed by atoms with Gasteiger partial charge in [0.05, 0.1) is 0 Å². The van der Waals surface area contributed by atoms with Crippen LogP contribution < -0.4 is 5.32 Å². The van der Waals surface area contributed by atoms with E-state index in [1.165, 1.54) is 24.1 Å². The third kappa shape index (κ3) is 2.68. The van der Waals surface area contributed by atoms with Crippen LogP contribution in [0.5, 0.6) is 0 Å². The van der Waals surface area contributed by atoms with Crippen molar-refractivity contribution >= 4 is 17.2 Å². The van der Waals surface area contributed by atoms with Crippen LogP contribution in [-0.2, 0) is 12.8 Å². The summed E-state index contributed by atoms with van der Waals surface area (Å²) in [6.07, 6.45) is 5.74. The molecule has 0 radical (unpaired) electrons. The summed E-state index contributed by atoms with van der Waals surface area (Å²) in [6, 6.07) is 0. The summed E-state index contributed by atoms with van der Waals surface area (Å²) < 4.78 is 0. The van der Waals surface area contributed by atoms with Gasteiger partial charge in [0.25, 0.3) is 0 Å². The molecule has 0 atom stereocenters. The van der Waals surface area contributed by atoms with E-state index in [4.69, 9.17) is 9.97 Å². The SMILES string of the molecule is CCCNc1nc(-c2nc(C)cs2)nc2c1CCCC2. The van der Waals surface area contributed by atoms with Gasteiger partial charge in [-0.1, -0.05) is 6.92 Å². The van der Waals surface area contributed by atoms with Crippen molar-refractivity contribution < 1.29 is 0 Å². The Hall–Kier alpha value is -1.49. The number of nitrogens with zero attached hydrogens (tertiary/aromatic N) is 3. The first-order chi connectivity index (χ1) is 9.78. The molecule has 1 N–H and O–H groups in total. The van der Waals surface area contributed by atoms with Crippen LogP contribution in [0.3, 0.4) is 0 Å². The van der Waals surface area contributed by atoms with Gasteiger partial charge >= 0.3 is 0 Å². The van der Waals surface area contributed by atoms with Gasteiger partial charge in [-0.05, 0) is 39.0 Å². The van der Waals surface area contributed by atoms with Crippen LogP contribution in [0.4, 0.5) is 5.82 Å². The number of anilines is 1. The molecule has 0 amide bonds. The molecule has 2 aromatic heterocycles. The maximum Gasteiger partial charge on any atom is 0.190 e. The molecule has 0 aliphatic heterocycles. The van der Waals surface area contributed by atoms with Gasteiger partial charge in [0.2, 0.25) is 0 Å². The number of rotatable bonds is 4. The molecule has 106 valence electrons. The van der Waals surface area contributed by atoms with Crippen LogP contribution in [0, 0.1) is 6.92 Å². The quantitative estimate of drug-likeness (QED) is 0.933. The first-order valence-electron chi connectivity index (χ1n) is 7.34. The van der Waals surface area contributed by atoms with Crippen LogP contribution in [0.25, 0.3) is 10.8 Å². The fourth-order valence-corrected chi connectivity index (χ4v) is 3.26. The van der Waals surface area contributed by atoms with Crippen molar-refractivity contribution in [2.75, 3.05) is 11.9 Å². The van der Waals surface area contributed by atoms with E-state index in [1.54, 1.807) is 11.3 Å². The summed E-state index contributed by atoms with van der Waals surface area (Å²) in [4.78, 5) is 14.0. The monoisotopic (exact) mass is 288 g/mol. The van der Waals surface area contributed by atoms with Crippen LogP contribution in [0.1, 0.15) is 43.1 Å². The van der Waals surface area contributed by atoms with Crippen LogP contribution in [-0.4, -0.2) is 21.5 Å². The van der Waals surface area contributed by atoms with Crippen LogP contribution >= 0.6 is 11.3 Å². The summed E-state index contributed by atoms with van der Waals surface area (Å²) in [5, 5.41) is 6.44. The molecule has 0 saturated heterocycles. The van der Waals surface area contributed by atoms with Crippen molar-refractivity contribution in [3.8, 4) is 10.8 Å². The van der Waals surface area contributed by atoms with Crippen molar-refractivity contribution in [2.45, 2.75) is 46.0 Å². The highest BCUT2D eigenvalue weighted by molar-refractivity contribution is 7.13. The fraction of sp³-hybridized carbons (Fsp3) is 0.533. The Morgan fingerprint density at radius 1 is 1.20 bits per heavy atom. The topological polar surface area (TPSA) is 50.7 Å². The zero-order valence-electron chi connectivity index (χ0n) is 12.1. The van der Waals surface area contributed by atoms with Gasteiger partial charge in [-0.25, -0.2) is 15.0 Å². The third-order valence-electron chi connectivity index (χ3n) is 3.54. The average Bonchev–Trinajstić information content (AvgIpc) is 2.91. The zero-order valence-corrected chi connectivity index (χ0v) is 12.9. The smallest absolute Gasteiger partial charge is 0.190 e. The summed E-state index contributed by atoms with van der Waals surface area (Å²) in [6.45, 7) is 5.14. The molecule has 3 rings (SSSR count). The molecule has 4 nitrogen and oxygen atoms in total. The second kappa shape index (κ2) is 5.87. The maximum atomic E-state index is 4.76. The number of nitrogens with one attached hydrogen (secondary N) is 1. The molecule has 0 bridgehead atoms. The summed E-state index contributed by atoms with van der Waals surface area (Å²) in [5.41, 5.74) is 3.57. The van der Waals surface area contributed by atoms with Gasteiger partial charge in [0, 0.05) is 28.9 Å². The lowest BCUT2D eigenvalue weighted by molar-refractivity contribution is 0.664. The number of aryl methyl sites for hydroxylation is 2. The molecule has 20 heavy (non-hydrogen) atoms. The second-order valence-electron chi connectivity index (χ2n) is 5.25. The Labute approximate surface area is 123 Å². The molecule has 0 fully saturated rings. The van der Waals surface area contributed by atoms with E-state index in [2.05, 4.69) is 22.6 Å². The third-order valence-corrected chi connectivity index (χ3v) is 4.49. The van der Waals surface area contributed by atoms with Crippen molar-refractivity contribution in [3.63, 3.8) is 0 Å².